The number of carbonyl (C=O) groups is 1. The van der Waals surface area contributed by atoms with E-state index in [0.717, 1.165) is 31.7 Å². The smallest absolute Gasteiger partial charge is 0.282 e. The number of benzene rings is 1. The first kappa shape index (κ1) is 20.2. The molecule has 3 N–H and O–H groups in total. The summed E-state index contributed by atoms with van der Waals surface area (Å²) < 4.78 is 15.4. The van der Waals surface area contributed by atoms with Gasteiger partial charge in [0.05, 0.1) is 0 Å². The molecule has 7 heteroatoms. The molecule has 1 heterocycles. The van der Waals surface area contributed by atoms with Crippen LogP contribution in [0.1, 0.15) is 36.8 Å². The Hall–Kier alpha value is -2.51. The molecule has 1 saturated carbocycles. The average molecular weight is 386 g/mol. The summed E-state index contributed by atoms with van der Waals surface area (Å²) in [5, 5.41) is 12.3. The van der Waals surface area contributed by atoms with Crippen molar-refractivity contribution in [1.29, 1.82) is 0 Å². The normalized spacial score (nSPS) is 23.5. The van der Waals surface area contributed by atoms with Gasteiger partial charge in [0.25, 0.3) is 5.91 Å². The molecule has 0 bridgehead atoms. The van der Waals surface area contributed by atoms with Gasteiger partial charge in [0, 0.05) is 31.1 Å². The largest absolute Gasteiger partial charge is 0.369 e. The van der Waals surface area contributed by atoms with Crippen LogP contribution in [0.5, 0.6) is 0 Å². The molecule has 3 rings (SSSR count). The van der Waals surface area contributed by atoms with Crippen molar-refractivity contribution in [3.8, 4) is 0 Å². The minimum atomic E-state index is -2.19. The van der Waals surface area contributed by atoms with Crippen LogP contribution in [0.2, 0.25) is 0 Å². The molecule has 0 saturated heterocycles. The molecule has 0 aliphatic heterocycles. The van der Waals surface area contributed by atoms with Gasteiger partial charge in [-0.05, 0) is 30.3 Å². The third-order valence-electron chi connectivity index (χ3n) is 5.51. The molecule has 1 aromatic carbocycles. The van der Waals surface area contributed by atoms with Crippen LogP contribution >= 0.6 is 0 Å². The van der Waals surface area contributed by atoms with Crippen LogP contribution in [0.4, 0.5) is 10.2 Å². The van der Waals surface area contributed by atoms with E-state index < -0.39 is 23.4 Å². The van der Waals surface area contributed by atoms with Gasteiger partial charge in [0.2, 0.25) is 5.67 Å². The second kappa shape index (κ2) is 8.67. The van der Waals surface area contributed by atoms with Gasteiger partial charge >= 0.3 is 0 Å². The van der Waals surface area contributed by atoms with Gasteiger partial charge in [-0.15, -0.1) is 0 Å². The number of amides is 1. The predicted octanol–water partition coefficient (Wildman–Crippen LogP) is 2.93. The van der Waals surface area contributed by atoms with Gasteiger partial charge in [0.1, 0.15) is 5.82 Å². The van der Waals surface area contributed by atoms with E-state index in [9.17, 15) is 4.79 Å². The summed E-state index contributed by atoms with van der Waals surface area (Å²) in [6, 6.07) is 12.6. The molecular weight excluding hydrogens is 359 g/mol. The van der Waals surface area contributed by atoms with Crippen molar-refractivity contribution < 1.29 is 14.4 Å². The molecule has 1 amide bonds. The fraction of sp³-hybridized carbons (Fsp3) is 0.429. The van der Waals surface area contributed by atoms with Crippen molar-refractivity contribution in [2.75, 3.05) is 31.5 Å². The molecule has 0 spiro atoms. The number of anilines is 1. The van der Waals surface area contributed by atoms with Crippen LogP contribution in [0, 0.1) is 0 Å². The monoisotopic (exact) mass is 386 g/mol. The summed E-state index contributed by atoms with van der Waals surface area (Å²) in [6.07, 6.45) is 1.60. The van der Waals surface area contributed by atoms with E-state index in [0.29, 0.717) is 11.4 Å². The van der Waals surface area contributed by atoms with Gasteiger partial charge in [-0.25, -0.2) is 14.9 Å². The molecule has 1 aliphatic rings. The van der Waals surface area contributed by atoms with Crippen molar-refractivity contribution >= 4 is 11.7 Å². The molecule has 6 nitrogen and oxygen atoms in total. The van der Waals surface area contributed by atoms with Crippen LogP contribution < -0.4 is 10.8 Å². The number of halogens is 1. The Morgan fingerprint density at radius 2 is 1.82 bits per heavy atom. The molecule has 0 radical (unpaired) electrons. The number of aromatic nitrogens is 1. The summed E-state index contributed by atoms with van der Waals surface area (Å²) >= 11 is 0. The zero-order chi connectivity index (χ0) is 20.1. The molecule has 150 valence electrons. The van der Waals surface area contributed by atoms with E-state index in [-0.39, 0.29) is 0 Å². The van der Waals surface area contributed by atoms with E-state index in [4.69, 9.17) is 5.21 Å². The minimum absolute atomic E-state index is 0.634. The standard InChI is InChI=1S/C21H27FN4O2/c1-3-26(4-2)13-12-23-17-11-10-16(14-24-17)19-18(15-8-6-5-7-9-15)21(19,22)20(27)25-28/h5-11,14,18-19,28H,3-4,12-13H2,1-2H3,(H,23,24)(H,25,27)/t18-,19-,21+/m1/s1. The van der Waals surface area contributed by atoms with Gasteiger partial charge in [0.15, 0.2) is 0 Å². The SMILES string of the molecule is CCN(CC)CCNc1ccc([C@@H]2[C@@H](c3ccccc3)[C@@]2(F)C(=O)NO)cn1. The average Bonchev–Trinajstić information content (AvgIpc) is 3.38. The summed E-state index contributed by atoms with van der Waals surface area (Å²) in [5.41, 5.74) is 0.647. The first-order chi connectivity index (χ1) is 13.6. The highest BCUT2D eigenvalue weighted by Gasteiger charge is 2.72. The number of hydrogen-bond donors (Lipinski definition) is 3. The lowest BCUT2D eigenvalue weighted by Gasteiger charge is -2.18. The Bertz CT molecular complexity index is 783. The molecule has 28 heavy (non-hydrogen) atoms. The van der Waals surface area contributed by atoms with E-state index in [2.05, 4.69) is 29.0 Å². The molecule has 2 aromatic rings. The Labute approximate surface area is 164 Å². The lowest BCUT2D eigenvalue weighted by Crippen LogP contribution is -2.33. The van der Waals surface area contributed by atoms with Crippen LogP contribution in [0.15, 0.2) is 48.7 Å². The molecule has 1 aliphatic carbocycles. The Morgan fingerprint density at radius 3 is 2.39 bits per heavy atom. The molecule has 1 fully saturated rings. The number of hydrogen-bond acceptors (Lipinski definition) is 5. The summed E-state index contributed by atoms with van der Waals surface area (Å²) in [7, 11) is 0. The third kappa shape index (κ3) is 3.86. The highest BCUT2D eigenvalue weighted by atomic mass is 19.1. The number of pyridine rings is 1. The number of carbonyl (C=O) groups excluding carboxylic acids is 1. The van der Waals surface area contributed by atoms with Crippen LogP contribution in [0.25, 0.3) is 0 Å². The van der Waals surface area contributed by atoms with Crippen molar-refractivity contribution in [3.63, 3.8) is 0 Å². The number of hydroxylamine groups is 1. The number of nitrogens with one attached hydrogen (secondary N) is 2. The fourth-order valence-electron chi connectivity index (χ4n) is 3.83. The van der Waals surface area contributed by atoms with Crippen molar-refractivity contribution in [3.05, 3.63) is 59.8 Å². The van der Waals surface area contributed by atoms with Crippen molar-refractivity contribution in [2.45, 2.75) is 31.4 Å². The lowest BCUT2D eigenvalue weighted by molar-refractivity contribution is -0.136. The van der Waals surface area contributed by atoms with Gasteiger partial charge in [-0.3, -0.25) is 10.0 Å². The van der Waals surface area contributed by atoms with Gasteiger partial charge in [-0.2, -0.15) is 0 Å². The van der Waals surface area contributed by atoms with E-state index in [1.165, 1.54) is 5.48 Å². The third-order valence-corrected chi connectivity index (χ3v) is 5.51. The van der Waals surface area contributed by atoms with Crippen molar-refractivity contribution in [1.82, 2.24) is 15.4 Å². The Balaban J connectivity index is 1.72. The Kier molecular flexibility index (Phi) is 6.26. The Morgan fingerprint density at radius 1 is 1.14 bits per heavy atom. The van der Waals surface area contributed by atoms with Crippen LogP contribution in [-0.4, -0.2) is 52.8 Å². The number of rotatable bonds is 9. The molecular formula is C21H27FN4O2. The van der Waals surface area contributed by atoms with Crippen molar-refractivity contribution in [2.24, 2.45) is 0 Å². The quantitative estimate of drug-likeness (QED) is 0.456. The predicted molar refractivity (Wildman–Crippen MR) is 106 cm³/mol. The molecule has 0 unspecified atom stereocenters. The summed E-state index contributed by atoms with van der Waals surface area (Å²) in [5.74, 6) is -1.64. The topological polar surface area (TPSA) is 77.5 Å². The maximum atomic E-state index is 15.4. The highest BCUT2D eigenvalue weighted by Crippen LogP contribution is 2.66. The number of alkyl halides is 1. The maximum absolute atomic E-state index is 15.4. The zero-order valence-electron chi connectivity index (χ0n) is 16.2. The first-order valence-electron chi connectivity index (χ1n) is 9.66. The fourth-order valence-corrected chi connectivity index (χ4v) is 3.83. The molecule has 1 aromatic heterocycles. The summed E-state index contributed by atoms with van der Waals surface area (Å²) in [4.78, 5) is 18.7. The van der Waals surface area contributed by atoms with Gasteiger partial charge < -0.3 is 10.2 Å². The first-order valence-corrected chi connectivity index (χ1v) is 9.66. The van der Waals surface area contributed by atoms with E-state index in [1.807, 2.05) is 18.2 Å². The van der Waals surface area contributed by atoms with Crippen LogP contribution in [-0.2, 0) is 4.79 Å². The van der Waals surface area contributed by atoms with E-state index >= 15 is 4.39 Å². The summed E-state index contributed by atoms with van der Waals surface area (Å²) in [6.45, 7) is 7.93. The number of likely N-dealkylation sites (N-methyl/N-ethyl adjacent to an activating group) is 1. The zero-order valence-corrected chi connectivity index (χ0v) is 16.2. The van der Waals surface area contributed by atoms with E-state index in [1.54, 1.807) is 30.5 Å². The highest BCUT2D eigenvalue weighted by molar-refractivity contribution is 5.92. The number of nitrogens with zero attached hydrogens (tertiary/aromatic N) is 2. The maximum Gasteiger partial charge on any atom is 0.282 e. The second-order valence-corrected chi connectivity index (χ2v) is 7.01. The lowest BCUT2D eigenvalue weighted by atomic mass is 10.1. The minimum Gasteiger partial charge on any atom is -0.369 e. The van der Waals surface area contributed by atoms with Crippen LogP contribution in [0.3, 0.4) is 0 Å². The van der Waals surface area contributed by atoms with Gasteiger partial charge in [-0.1, -0.05) is 50.2 Å². The molecule has 3 atom stereocenters. The second-order valence-electron chi connectivity index (χ2n) is 7.01.